The Labute approximate surface area is 138 Å². The van der Waals surface area contributed by atoms with Crippen molar-refractivity contribution in [3.8, 4) is 11.5 Å². The van der Waals surface area contributed by atoms with E-state index in [0.717, 1.165) is 10.5 Å². The van der Waals surface area contributed by atoms with E-state index in [1.165, 1.54) is 17.3 Å². The Morgan fingerprint density at radius 3 is 2.41 bits per heavy atom. The van der Waals surface area contributed by atoms with E-state index in [4.69, 9.17) is 22.4 Å². The number of nitrogens with zero attached hydrogens (tertiary/aromatic N) is 1. The molecule has 0 bridgehead atoms. The van der Waals surface area contributed by atoms with Gasteiger partial charge in [0, 0.05) is 10.5 Å². The number of hydrogen-bond acceptors (Lipinski definition) is 4. The first kappa shape index (κ1) is 14.8. The second kappa shape index (κ2) is 6.34. The Kier molecular flexibility index (Phi) is 4.27. The van der Waals surface area contributed by atoms with Gasteiger partial charge in [-0.15, -0.1) is 0 Å². The van der Waals surface area contributed by atoms with Crippen LogP contribution < -0.4 is 5.73 Å². The average Bonchev–Trinajstić information content (AvgIpc) is 2.95. The molecule has 1 heterocycles. The number of aryl methyl sites for hydroxylation is 1. The summed E-state index contributed by atoms with van der Waals surface area (Å²) >= 11 is 6.56. The Morgan fingerprint density at radius 2 is 1.77 bits per heavy atom. The summed E-state index contributed by atoms with van der Waals surface area (Å²) in [6.07, 6.45) is 0. The Bertz CT molecular complexity index is 795. The third kappa shape index (κ3) is 3.21. The summed E-state index contributed by atoms with van der Waals surface area (Å²) in [6.45, 7) is 2.05. The molecule has 3 nitrogen and oxygen atoms in total. The molecule has 22 heavy (non-hydrogen) atoms. The molecule has 0 spiro atoms. The van der Waals surface area contributed by atoms with Crippen molar-refractivity contribution in [3.63, 3.8) is 0 Å². The monoisotopic (exact) mass is 326 g/mol. The number of hydrogen-bond donors (Lipinski definition) is 1. The van der Waals surface area contributed by atoms with Gasteiger partial charge < -0.3 is 10.2 Å². The number of oxazole rings is 1. The largest absolute Gasteiger partial charge is 0.429 e. The molecule has 1 aromatic heterocycles. The normalized spacial score (nSPS) is 10.6. The lowest BCUT2D eigenvalue weighted by atomic mass is 10.2. The van der Waals surface area contributed by atoms with Gasteiger partial charge in [0.25, 0.3) is 0 Å². The fourth-order valence-corrected chi connectivity index (χ4v) is 3.01. The minimum atomic E-state index is 0.237. The number of nitrogens with two attached hydrogens (primary N) is 1. The molecule has 3 rings (SSSR count). The molecule has 3 aromatic rings. The zero-order valence-corrected chi connectivity index (χ0v) is 13.6. The summed E-state index contributed by atoms with van der Waals surface area (Å²) in [5.74, 6) is 0.526. The molecule has 0 saturated heterocycles. The van der Waals surface area contributed by atoms with Crippen LogP contribution in [0.1, 0.15) is 11.3 Å². The van der Waals surface area contributed by atoms with Gasteiger partial charge in [-0.3, -0.25) is 0 Å². The summed E-state index contributed by atoms with van der Waals surface area (Å²) in [6, 6.07) is 17.9. The van der Waals surface area contributed by atoms with E-state index in [9.17, 15) is 0 Å². The second-order valence-electron chi connectivity index (χ2n) is 4.80. The van der Waals surface area contributed by atoms with Crippen molar-refractivity contribution in [2.45, 2.75) is 16.9 Å². The summed E-state index contributed by atoms with van der Waals surface area (Å²) in [4.78, 5) is 5.73. The van der Waals surface area contributed by atoms with E-state index in [2.05, 4.69) is 24.0 Å². The van der Waals surface area contributed by atoms with Crippen LogP contribution in [0.3, 0.4) is 0 Å². The van der Waals surface area contributed by atoms with Crippen LogP contribution in [0.25, 0.3) is 11.5 Å². The first-order valence-electron chi connectivity index (χ1n) is 6.74. The first-order chi connectivity index (χ1) is 10.6. The third-order valence-corrected chi connectivity index (χ3v) is 4.25. The fourth-order valence-electron chi connectivity index (χ4n) is 1.95. The van der Waals surface area contributed by atoms with E-state index >= 15 is 0 Å². The van der Waals surface area contributed by atoms with Gasteiger partial charge in [0.1, 0.15) is 4.99 Å². The molecule has 110 valence electrons. The highest BCUT2D eigenvalue weighted by Crippen LogP contribution is 2.34. The maximum Gasteiger partial charge on any atom is 0.228 e. The van der Waals surface area contributed by atoms with E-state index in [0.29, 0.717) is 16.7 Å². The maximum atomic E-state index is 5.88. The van der Waals surface area contributed by atoms with Gasteiger partial charge in [-0.1, -0.05) is 48.1 Å². The summed E-state index contributed by atoms with van der Waals surface area (Å²) < 4.78 is 5.88. The molecule has 0 unspecified atom stereocenters. The van der Waals surface area contributed by atoms with Gasteiger partial charge in [-0.2, -0.15) is 0 Å². The number of aromatic nitrogens is 1. The molecule has 0 saturated carbocycles. The lowest BCUT2D eigenvalue weighted by molar-refractivity contribution is 0.483. The molecule has 0 aliphatic rings. The number of rotatable bonds is 4. The molecule has 2 aromatic carbocycles. The van der Waals surface area contributed by atoms with Crippen molar-refractivity contribution in [1.82, 2.24) is 4.98 Å². The molecular weight excluding hydrogens is 312 g/mol. The lowest BCUT2D eigenvalue weighted by Crippen LogP contribution is -2.10. The van der Waals surface area contributed by atoms with Crippen LogP contribution in [0.15, 0.2) is 69.0 Å². The fraction of sp³-hybridized carbons (Fsp3) is 0.0588. The number of benzene rings is 2. The van der Waals surface area contributed by atoms with Gasteiger partial charge in [0.05, 0.1) is 0 Å². The van der Waals surface area contributed by atoms with Crippen LogP contribution in [-0.2, 0) is 0 Å². The van der Waals surface area contributed by atoms with E-state index in [1.54, 1.807) is 0 Å². The molecule has 0 aliphatic heterocycles. The van der Waals surface area contributed by atoms with Crippen molar-refractivity contribution in [3.05, 3.63) is 65.9 Å². The van der Waals surface area contributed by atoms with Gasteiger partial charge in [-0.05, 0) is 43.0 Å². The van der Waals surface area contributed by atoms with E-state index in [-0.39, 0.29) is 4.99 Å². The summed E-state index contributed by atoms with van der Waals surface area (Å²) in [7, 11) is 0. The van der Waals surface area contributed by atoms with Crippen molar-refractivity contribution in [2.24, 2.45) is 5.73 Å². The molecule has 5 heteroatoms. The van der Waals surface area contributed by atoms with Crippen LogP contribution in [0.4, 0.5) is 0 Å². The second-order valence-corrected chi connectivity index (χ2v) is 6.29. The SMILES string of the molecule is Cc1ccc(Sc2oc(-c3ccccc3)nc2C(N)=S)cc1. The van der Waals surface area contributed by atoms with Gasteiger partial charge in [-0.25, -0.2) is 4.98 Å². The topological polar surface area (TPSA) is 52.0 Å². The van der Waals surface area contributed by atoms with E-state index in [1.807, 2.05) is 42.5 Å². The average molecular weight is 326 g/mol. The van der Waals surface area contributed by atoms with Crippen LogP contribution in [0.5, 0.6) is 0 Å². The van der Waals surface area contributed by atoms with Crippen molar-refractivity contribution >= 4 is 29.0 Å². The molecule has 0 radical (unpaired) electrons. The van der Waals surface area contributed by atoms with Gasteiger partial charge >= 0.3 is 0 Å². The zero-order valence-electron chi connectivity index (χ0n) is 11.9. The molecule has 0 atom stereocenters. The minimum absolute atomic E-state index is 0.237. The number of thiocarbonyl (C=S) groups is 1. The Balaban J connectivity index is 1.97. The smallest absolute Gasteiger partial charge is 0.228 e. The van der Waals surface area contributed by atoms with E-state index < -0.39 is 0 Å². The van der Waals surface area contributed by atoms with Gasteiger partial charge in [0.2, 0.25) is 5.89 Å². The molecular formula is C17H14N2OS2. The van der Waals surface area contributed by atoms with Crippen LogP contribution >= 0.6 is 24.0 Å². The van der Waals surface area contributed by atoms with Crippen molar-refractivity contribution < 1.29 is 4.42 Å². The van der Waals surface area contributed by atoms with Crippen LogP contribution in [0, 0.1) is 6.92 Å². The van der Waals surface area contributed by atoms with Crippen LogP contribution in [-0.4, -0.2) is 9.97 Å². The summed E-state index contributed by atoms with van der Waals surface area (Å²) in [5, 5.41) is 0.621. The first-order valence-corrected chi connectivity index (χ1v) is 7.96. The summed E-state index contributed by atoms with van der Waals surface area (Å²) in [5.41, 5.74) is 8.42. The zero-order chi connectivity index (χ0) is 15.5. The minimum Gasteiger partial charge on any atom is -0.429 e. The lowest BCUT2D eigenvalue weighted by Gasteiger charge is -2.00. The maximum absolute atomic E-state index is 5.88. The highest BCUT2D eigenvalue weighted by molar-refractivity contribution is 7.99. The molecule has 0 aliphatic carbocycles. The predicted octanol–water partition coefficient (Wildman–Crippen LogP) is 4.44. The molecule has 0 fully saturated rings. The molecule has 2 N–H and O–H groups in total. The van der Waals surface area contributed by atoms with Crippen molar-refractivity contribution in [2.75, 3.05) is 0 Å². The quantitative estimate of drug-likeness (QED) is 0.719. The van der Waals surface area contributed by atoms with Crippen LogP contribution in [0.2, 0.25) is 0 Å². The van der Waals surface area contributed by atoms with Crippen molar-refractivity contribution in [1.29, 1.82) is 0 Å². The Morgan fingerprint density at radius 1 is 1.09 bits per heavy atom. The molecule has 0 amide bonds. The highest BCUT2D eigenvalue weighted by Gasteiger charge is 2.17. The van der Waals surface area contributed by atoms with Gasteiger partial charge in [0.15, 0.2) is 10.8 Å². The standard InChI is InChI=1S/C17H14N2OS2/c1-11-7-9-13(10-8-11)22-17-14(15(18)21)19-16(20-17)12-5-3-2-4-6-12/h2-10H,1H3,(H2,18,21). The predicted molar refractivity (Wildman–Crippen MR) is 93.1 cm³/mol. The Hall–Kier alpha value is -2.11. The highest BCUT2D eigenvalue weighted by atomic mass is 32.2. The third-order valence-electron chi connectivity index (χ3n) is 3.08.